The molecule has 0 atom stereocenters. The van der Waals surface area contributed by atoms with Crippen LogP contribution in [0, 0.1) is 6.92 Å². The molecular formula is C14H18O. The van der Waals surface area contributed by atoms with Crippen molar-refractivity contribution in [3.63, 3.8) is 0 Å². The maximum absolute atomic E-state index is 9.32. The lowest BCUT2D eigenvalue weighted by Crippen LogP contribution is -2.02. The first kappa shape index (κ1) is 10.4. The topological polar surface area (TPSA) is 20.2 Å². The highest BCUT2D eigenvalue weighted by atomic mass is 16.3. The highest BCUT2D eigenvalue weighted by Gasteiger charge is 2.13. The van der Waals surface area contributed by atoms with Crippen LogP contribution in [-0.4, -0.2) is 11.7 Å². The van der Waals surface area contributed by atoms with Gasteiger partial charge in [0, 0.05) is 0 Å². The third-order valence-electron chi connectivity index (χ3n) is 3.17. The monoisotopic (exact) mass is 202 g/mol. The lowest BCUT2D eigenvalue weighted by molar-refractivity contribution is 0.324. The van der Waals surface area contributed by atoms with Crippen molar-refractivity contribution in [3.05, 3.63) is 41.0 Å². The molecule has 1 aliphatic carbocycles. The molecule has 15 heavy (non-hydrogen) atoms. The standard InChI is InChI=1S/C14H18O/c1-11-6-8-12(9-7-11)14-5-3-2-4-13(14)10-15/h6-9,15H,2-5,10H2,1H3. The Hall–Kier alpha value is -1.08. The quantitative estimate of drug-likeness (QED) is 0.780. The average molecular weight is 202 g/mol. The Morgan fingerprint density at radius 3 is 2.40 bits per heavy atom. The van der Waals surface area contributed by atoms with E-state index in [1.807, 2.05) is 0 Å². The van der Waals surface area contributed by atoms with Crippen LogP contribution in [0.4, 0.5) is 0 Å². The second-order valence-corrected chi connectivity index (χ2v) is 4.31. The molecule has 0 unspecified atom stereocenters. The summed E-state index contributed by atoms with van der Waals surface area (Å²) in [5, 5.41) is 9.32. The molecule has 0 fully saturated rings. The molecule has 0 saturated carbocycles. The molecule has 1 N–H and O–H groups in total. The van der Waals surface area contributed by atoms with Crippen LogP contribution < -0.4 is 0 Å². The summed E-state index contributed by atoms with van der Waals surface area (Å²) >= 11 is 0. The summed E-state index contributed by atoms with van der Waals surface area (Å²) in [4.78, 5) is 0. The summed E-state index contributed by atoms with van der Waals surface area (Å²) in [5.74, 6) is 0. The van der Waals surface area contributed by atoms with Gasteiger partial charge >= 0.3 is 0 Å². The summed E-state index contributed by atoms with van der Waals surface area (Å²) in [5.41, 5.74) is 5.21. The van der Waals surface area contributed by atoms with Crippen LogP contribution >= 0.6 is 0 Å². The fraction of sp³-hybridized carbons (Fsp3) is 0.429. The molecule has 80 valence electrons. The van der Waals surface area contributed by atoms with Crippen LogP contribution in [-0.2, 0) is 0 Å². The van der Waals surface area contributed by atoms with E-state index in [9.17, 15) is 5.11 Å². The van der Waals surface area contributed by atoms with E-state index in [0.29, 0.717) is 0 Å². The molecule has 0 radical (unpaired) electrons. The van der Waals surface area contributed by atoms with Gasteiger partial charge in [-0.3, -0.25) is 0 Å². The molecule has 0 heterocycles. The summed E-state index contributed by atoms with van der Waals surface area (Å²) in [6.45, 7) is 2.33. The van der Waals surface area contributed by atoms with Gasteiger partial charge in [-0.15, -0.1) is 0 Å². The Morgan fingerprint density at radius 1 is 1.07 bits per heavy atom. The predicted octanol–water partition coefficient (Wildman–Crippen LogP) is 3.31. The van der Waals surface area contributed by atoms with Crippen molar-refractivity contribution < 1.29 is 5.11 Å². The highest BCUT2D eigenvalue weighted by Crippen LogP contribution is 2.31. The normalized spacial score (nSPS) is 16.9. The third kappa shape index (κ3) is 2.29. The SMILES string of the molecule is Cc1ccc(C2=C(CO)CCCC2)cc1. The number of rotatable bonds is 2. The molecule has 0 aliphatic heterocycles. The summed E-state index contributed by atoms with van der Waals surface area (Å²) < 4.78 is 0. The summed E-state index contributed by atoms with van der Waals surface area (Å²) in [7, 11) is 0. The van der Waals surface area contributed by atoms with Gasteiger partial charge in [0.1, 0.15) is 0 Å². The first-order chi connectivity index (χ1) is 7.31. The van der Waals surface area contributed by atoms with Gasteiger partial charge in [-0.2, -0.15) is 0 Å². The van der Waals surface area contributed by atoms with Gasteiger partial charge in [-0.05, 0) is 49.3 Å². The van der Waals surface area contributed by atoms with Crippen LogP contribution in [0.15, 0.2) is 29.8 Å². The maximum Gasteiger partial charge on any atom is 0.0647 e. The number of aliphatic hydroxyl groups excluding tert-OH is 1. The second-order valence-electron chi connectivity index (χ2n) is 4.31. The smallest absolute Gasteiger partial charge is 0.0647 e. The third-order valence-corrected chi connectivity index (χ3v) is 3.17. The van der Waals surface area contributed by atoms with Crippen LogP contribution in [0.3, 0.4) is 0 Å². The van der Waals surface area contributed by atoms with Crippen LogP contribution in [0.5, 0.6) is 0 Å². The molecule has 1 aliphatic rings. The minimum atomic E-state index is 0.225. The number of benzene rings is 1. The van der Waals surface area contributed by atoms with Gasteiger partial charge < -0.3 is 5.11 Å². The minimum Gasteiger partial charge on any atom is -0.392 e. The molecule has 0 spiro atoms. The number of aryl methyl sites for hydroxylation is 1. The van der Waals surface area contributed by atoms with E-state index in [2.05, 4.69) is 31.2 Å². The molecule has 2 rings (SSSR count). The number of allylic oxidation sites excluding steroid dienone is 1. The van der Waals surface area contributed by atoms with Crippen molar-refractivity contribution in [1.29, 1.82) is 0 Å². The zero-order valence-corrected chi connectivity index (χ0v) is 9.29. The van der Waals surface area contributed by atoms with E-state index < -0.39 is 0 Å². The van der Waals surface area contributed by atoms with Gasteiger partial charge in [-0.25, -0.2) is 0 Å². The number of aliphatic hydroxyl groups is 1. The largest absolute Gasteiger partial charge is 0.392 e. The van der Waals surface area contributed by atoms with Crippen molar-refractivity contribution in [2.24, 2.45) is 0 Å². The molecule has 0 amide bonds. The average Bonchev–Trinajstić information content (AvgIpc) is 2.30. The van der Waals surface area contributed by atoms with Gasteiger partial charge in [0.25, 0.3) is 0 Å². The molecule has 1 nitrogen and oxygen atoms in total. The summed E-state index contributed by atoms with van der Waals surface area (Å²) in [6, 6.07) is 8.63. The Balaban J connectivity index is 2.35. The molecular weight excluding hydrogens is 184 g/mol. The molecule has 1 aromatic carbocycles. The Kier molecular flexibility index (Phi) is 3.22. The first-order valence-corrected chi connectivity index (χ1v) is 5.70. The van der Waals surface area contributed by atoms with Crippen molar-refractivity contribution in [3.8, 4) is 0 Å². The molecule has 1 heteroatoms. The van der Waals surface area contributed by atoms with Gasteiger partial charge in [-0.1, -0.05) is 29.8 Å². The Bertz CT molecular complexity index is 359. The maximum atomic E-state index is 9.32. The minimum absolute atomic E-state index is 0.225. The summed E-state index contributed by atoms with van der Waals surface area (Å²) in [6.07, 6.45) is 4.68. The Morgan fingerprint density at radius 2 is 1.73 bits per heavy atom. The lowest BCUT2D eigenvalue weighted by Gasteiger charge is -2.19. The van der Waals surface area contributed by atoms with E-state index >= 15 is 0 Å². The van der Waals surface area contributed by atoms with E-state index in [1.54, 1.807) is 0 Å². The van der Waals surface area contributed by atoms with E-state index in [4.69, 9.17) is 0 Å². The fourth-order valence-corrected chi connectivity index (χ4v) is 2.25. The highest BCUT2D eigenvalue weighted by molar-refractivity contribution is 5.69. The second kappa shape index (κ2) is 4.63. The van der Waals surface area contributed by atoms with Crippen molar-refractivity contribution >= 4 is 5.57 Å². The van der Waals surface area contributed by atoms with Gasteiger partial charge in [0.2, 0.25) is 0 Å². The van der Waals surface area contributed by atoms with E-state index in [0.717, 1.165) is 12.8 Å². The zero-order chi connectivity index (χ0) is 10.7. The van der Waals surface area contributed by atoms with Crippen molar-refractivity contribution in [2.45, 2.75) is 32.6 Å². The van der Waals surface area contributed by atoms with Crippen LogP contribution in [0.1, 0.15) is 36.8 Å². The van der Waals surface area contributed by atoms with Crippen molar-refractivity contribution in [1.82, 2.24) is 0 Å². The first-order valence-electron chi connectivity index (χ1n) is 5.70. The van der Waals surface area contributed by atoms with E-state index in [-0.39, 0.29) is 6.61 Å². The van der Waals surface area contributed by atoms with E-state index in [1.165, 1.54) is 35.1 Å². The van der Waals surface area contributed by atoms with Crippen molar-refractivity contribution in [2.75, 3.05) is 6.61 Å². The molecule has 0 bridgehead atoms. The molecule has 0 saturated heterocycles. The molecule has 1 aromatic rings. The molecule has 0 aromatic heterocycles. The fourth-order valence-electron chi connectivity index (χ4n) is 2.25. The lowest BCUT2D eigenvalue weighted by atomic mass is 9.87. The van der Waals surface area contributed by atoms with Crippen LogP contribution in [0.25, 0.3) is 5.57 Å². The Labute approximate surface area is 91.4 Å². The zero-order valence-electron chi connectivity index (χ0n) is 9.29. The van der Waals surface area contributed by atoms with Gasteiger partial charge in [0.05, 0.1) is 6.61 Å². The number of hydrogen-bond acceptors (Lipinski definition) is 1. The van der Waals surface area contributed by atoms with Gasteiger partial charge in [0.15, 0.2) is 0 Å². The van der Waals surface area contributed by atoms with Crippen LogP contribution in [0.2, 0.25) is 0 Å². The number of hydrogen-bond donors (Lipinski definition) is 1. The predicted molar refractivity (Wildman–Crippen MR) is 63.7 cm³/mol.